The predicted octanol–water partition coefficient (Wildman–Crippen LogP) is 1.13. The number of carboxylic acid groups (broad SMARTS) is 1. The van der Waals surface area contributed by atoms with Gasteiger partial charge in [-0.25, -0.2) is 25.6 Å². The molecule has 2 aliphatic heterocycles. The van der Waals surface area contributed by atoms with Crippen LogP contribution >= 0.6 is 0 Å². The van der Waals surface area contributed by atoms with Gasteiger partial charge in [-0.05, 0) is 114 Å². The Balaban J connectivity index is 0.000000611. The van der Waals surface area contributed by atoms with E-state index in [-0.39, 0.29) is 48.8 Å². The summed E-state index contributed by atoms with van der Waals surface area (Å²) < 4.78 is 78.2. The van der Waals surface area contributed by atoms with E-state index in [0.29, 0.717) is 76.3 Å². The van der Waals surface area contributed by atoms with Gasteiger partial charge in [-0.2, -0.15) is 0 Å². The Hall–Kier alpha value is -3.86. The Morgan fingerprint density at radius 1 is 0.746 bits per heavy atom. The zero-order valence-corrected chi connectivity index (χ0v) is 39.9. The number of halogens is 2. The quantitative estimate of drug-likeness (QED) is 0.163. The molecule has 4 rings (SSSR count). The monoisotopic (exact) mass is 910 g/mol. The molecule has 0 saturated heterocycles. The Labute approximate surface area is 385 Å². The maximum absolute atomic E-state index is 14.4. The molecule has 2 aromatic carbocycles. The molecule has 2 unspecified atom stereocenters. The van der Waals surface area contributed by atoms with Gasteiger partial charge in [0.15, 0.2) is 29.2 Å². The van der Waals surface area contributed by atoms with E-state index >= 15 is 0 Å². The molecule has 0 radical (unpaired) electrons. The third kappa shape index (κ3) is 16.3. The zero-order valence-electron chi connectivity index (χ0n) is 38.2. The second-order valence-electron chi connectivity index (χ2n) is 16.3. The number of ether oxygens (including phenoxy) is 1. The Kier molecular flexibility index (Phi) is 22.7. The van der Waals surface area contributed by atoms with Crippen LogP contribution in [-0.4, -0.2) is 169 Å². The minimum atomic E-state index is -3.74. The van der Waals surface area contributed by atoms with Crippen LogP contribution in [0.5, 0.6) is 0 Å². The zero-order chi connectivity index (χ0) is 45.8. The summed E-state index contributed by atoms with van der Waals surface area (Å²) in [6.45, 7) is 7.08. The maximum Gasteiger partial charge on any atom is 1.00 e. The van der Waals surface area contributed by atoms with Crippen molar-refractivity contribution >= 4 is 42.8 Å². The molecule has 2 heterocycles. The van der Waals surface area contributed by atoms with Gasteiger partial charge >= 0.3 is 30.8 Å². The number of sulfone groups is 2. The molecule has 13 nitrogen and oxygen atoms in total. The topological polar surface area (TPSA) is 175 Å². The van der Waals surface area contributed by atoms with Gasteiger partial charge in [-0.15, -0.1) is 0 Å². The van der Waals surface area contributed by atoms with Crippen LogP contribution in [-0.2, 0) is 34.0 Å². The number of hydrogen-bond donors (Lipinski definition) is 1. The molecular weight excluding hydrogens is 850 g/mol. The molecule has 2 N–H and O–H groups in total. The van der Waals surface area contributed by atoms with Crippen molar-refractivity contribution in [2.45, 2.75) is 49.0 Å². The molecule has 18 heteroatoms. The molecule has 0 aromatic heterocycles. The van der Waals surface area contributed by atoms with Crippen LogP contribution in [0.1, 0.15) is 61.8 Å². The van der Waals surface area contributed by atoms with Gasteiger partial charge in [0.2, 0.25) is 0 Å². The van der Waals surface area contributed by atoms with E-state index in [4.69, 9.17) is 4.74 Å². The number of nitrogens with zero attached hydrogens (tertiary/aromatic N) is 4. The summed E-state index contributed by atoms with van der Waals surface area (Å²) in [7, 11) is 1.45. The molecule has 342 valence electrons. The van der Waals surface area contributed by atoms with Crippen LogP contribution < -0.4 is 18.9 Å². The molecule has 0 amide bonds. The summed E-state index contributed by atoms with van der Waals surface area (Å²) in [6.07, 6.45) is 7.56. The van der Waals surface area contributed by atoms with E-state index in [0.717, 1.165) is 34.8 Å². The molecule has 0 fully saturated rings. The van der Waals surface area contributed by atoms with E-state index in [9.17, 15) is 40.3 Å². The van der Waals surface area contributed by atoms with E-state index < -0.39 is 41.1 Å². The van der Waals surface area contributed by atoms with Crippen LogP contribution in [0, 0.1) is 35.3 Å². The first-order valence-corrected chi connectivity index (χ1v) is 23.6. The molecule has 0 spiro atoms. The van der Waals surface area contributed by atoms with Crippen LogP contribution in [0.15, 0.2) is 48.6 Å². The average molecular weight is 911 g/mol. The molecule has 2 aromatic rings. The summed E-state index contributed by atoms with van der Waals surface area (Å²) in [5.74, 6) is 8.79. The molecule has 0 bridgehead atoms. The molecular formula is C45H61F2LiN4O9S2. The van der Waals surface area contributed by atoms with Crippen molar-refractivity contribution in [1.82, 2.24) is 19.6 Å². The Morgan fingerprint density at radius 3 is 1.41 bits per heavy atom. The number of benzene rings is 2. The number of esters is 1. The first kappa shape index (κ1) is 57.2. The third-order valence-electron chi connectivity index (χ3n) is 11.0. The van der Waals surface area contributed by atoms with Crippen LogP contribution in [0.3, 0.4) is 0 Å². The van der Waals surface area contributed by atoms with Crippen molar-refractivity contribution in [3.8, 4) is 23.7 Å². The first-order chi connectivity index (χ1) is 28.4. The van der Waals surface area contributed by atoms with Gasteiger partial charge < -0.3 is 15.3 Å². The Morgan fingerprint density at radius 2 is 1.13 bits per heavy atom. The van der Waals surface area contributed by atoms with Crippen LogP contribution in [0.4, 0.5) is 8.78 Å². The average Bonchev–Trinajstić information content (AvgIpc) is 3.19. The van der Waals surface area contributed by atoms with Crippen LogP contribution in [0.2, 0.25) is 0 Å². The van der Waals surface area contributed by atoms with Gasteiger partial charge in [0.05, 0.1) is 31.3 Å². The summed E-state index contributed by atoms with van der Waals surface area (Å²) in [6, 6.07) is 10.1. The number of carbonyl (C=O) groups excluding carboxylic acids is 1. The van der Waals surface area contributed by atoms with Gasteiger partial charge in [-0.3, -0.25) is 29.2 Å². The number of carboxylic acids is 1. The molecule has 0 saturated carbocycles. The van der Waals surface area contributed by atoms with Gasteiger partial charge in [-0.1, -0.05) is 48.0 Å². The van der Waals surface area contributed by atoms with Crippen molar-refractivity contribution in [3.05, 3.63) is 82.4 Å². The minimum absolute atomic E-state index is 0. The predicted molar refractivity (Wildman–Crippen MR) is 239 cm³/mol. The SMILES string of the molecule is CN(C)CC#Cc1ccc(C2=CCN(CCC(C)(C(=O)O)S(C)(=O)=O)CC2)cc1F.COC(=O)C(C)(CCN1CC=C(c2ccc(C#CCN(C)C)c(F)c2)CC1)S(C)(=O)=O.[Li+].[OH-]. The van der Waals surface area contributed by atoms with Crippen molar-refractivity contribution < 1.29 is 69.4 Å². The van der Waals surface area contributed by atoms with E-state index in [1.807, 2.05) is 67.2 Å². The maximum atomic E-state index is 14.4. The number of hydrogen-bond acceptors (Lipinski definition) is 12. The number of rotatable bonds is 14. The van der Waals surface area contributed by atoms with Gasteiger partial charge in [0.25, 0.3) is 0 Å². The smallest absolute Gasteiger partial charge is 0.870 e. The minimum Gasteiger partial charge on any atom is -0.870 e. The molecule has 63 heavy (non-hydrogen) atoms. The third-order valence-corrected chi connectivity index (χ3v) is 15.0. The fourth-order valence-electron chi connectivity index (χ4n) is 6.42. The molecule has 0 aliphatic carbocycles. The fraction of sp³-hybridized carbons (Fsp3) is 0.511. The Bertz CT molecular complexity index is 2340. The van der Waals surface area contributed by atoms with E-state index in [1.54, 1.807) is 12.1 Å². The normalized spacial score (nSPS) is 16.4. The number of aliphatic carboxylic acids is 1. The second-order valence-corrected chi connectivity index (χ2v) is 21.2. The van der Waals surface area contributed by atoms with Crippen molar-refractivity contribution in [1.29, 1.82) is 0 Å². The van der Waals surface area contributed by atoms with E-state index in [1.165, 1.54) is 33.1 Å². The summed E-state index contributed by atoms with van der Waals surface area (Å²) in [4.78, 5) is 31.5. The number of methoxy groups -OCH3 is 1. The molecule has 2 aliphatic rings. The standard InChI is InChI=1S/C23H31FN2O4S.C22H29FN2O4S.Li.H2O/c1-23(22(27)30-4,31(5,28)29)12-16-26-14-10-18(11-15-26)20-9-8-19(21(24)17-20)7-6-13-25(2)3;1-22(21(26)27,30(4,28)29)11-15-25-13-9-17(10-14-25)19-8-7-18(20(23)16-19)6-5-12-24(2)3;;/h8-10,17H,11-16H2,1-5H3;7-9,16H,10-15H2,1-4H3,(H,26,27);;1H2/q;;+1;/p-1. The summed E-state index contributed by atoms with van der Waals surface area (Å²) in [5.41, 5.74) is 4.44. The van der Waals surface area contributed by atoms with Crippen molar-refractivity contribution in [3.63, 3.8) is 0 Å². The van der Waals surface area contributed by atoms with E-state index in [2.05, 4.69) is 28.6 Å². The fourth-order valence-corrected chi connectivity index (χ4v) is 8.05. The summed E-state index contributed by atoms with van der Waals surface area (Å²) in [5, 5.41) is 9.36. The first-order valence-electron chi connectivity index (χ1n) is 19.8. The summed E-state index contributed by atoms with van der Waals surface area (Å²) >= 11 is 0. The largest absolute Gasteiger partial charge is 1.00 e. The molecule has 2 atom stereocenters. The van der Waals surface area contributed by atoms with Crippen LogP contribution in [0.25, 0.3) is 11.1 Å². The van der Waals surface area contributed by atoms with Gasteiger partial charge in [0, 0.05) is 51.8 Å². The number of carbonyl (C=O) groups is 2. The van der Waals surface area contributed by atoms with Crippen molar-refractivity contribution in [2.75, 3.05) is 100 Å². The second kappa shape index (κ2) is 25.0. The van der Waals surface area contributed by atoms with Crippen molar-refractivity contribution in [2.24, 2.45) is 0 Å². The van der Waals surface area contributed by atoms with Gasteiger partial charge in [0.1, 0.15) is 11.6 Å².